The number of aryl methyl sites for hydroxylation is 1. The maximum Gasteiger partial charge on any atom is 0.337 e. The van der Waals surface area contributed by atoms with Gasteiger partial charge in [0.2, 0.25) is 0 Å². The molecule has 0 saturated carbocycles. The number of esters is 1. The highest BCUT2D eigenvalue weighted by Crippen LogP contribution is 2.18. The van der Waals surface area contributed by atoms with E-state index >= 15 is 0 Å². The third kappa shape index (κ3) is 3.96. The average Bonchev–Trinajstić information content (AvgIpc) is 2.74. The highest BCUT2D eigenvalue weighted by atomic mass is 16.5. The van der Waals surface area contributed by atoms with Gasteiger partial charge in [0, 0.05) is 24.2 Å². The molecular weight excluding hydrogens is 382 g/mol. The van der Waals surface area contributed by atoms with Gasteiger partial charge in [-0.3, -0.25) is 14.2 Å². The quantitative estimate of drug-likeness (QED) is 0.673. The van der Waals surface area contributed by atoms with Crippen LogP contribution in [-0.4, -0.2) is 28.5 Å². The molecular formula is C23H23N3O4. The van der Waals surface area contributed by atoms with Crippen molar-refractivity contribution in [2.24, 2.45) is 0 Å². The summed E-state index contributed by atoms with van der Waals surface area (Å²) in [6, 6.07) is 11.4. The number of ether oxygens (including phenoxy) is 1. The number of benzene rings is 2. The lowest BCUT2D eigenvalue weighted by atomic mass is 10.1. The number of methoxy groups -OCH3 is 1. The van der Waals surface area contributed by atoms with Gasteiger partial charge < -0.3 is 10.1 Å². The van der Waals surface area contributed by atoms with Crippen molar-refractivity contribution in [3.05, 3.63) is 69.8 Å². The van der Waals surface area contributed by atoms with E-state index in [1.807, 2.05) is 0 Å². The molecule has 7 heteroatoms. The zero-order valence-electron chi connectivity index (χ0n) is 16.8. The number of hydrogen-bond donors (Lipinski definition) is 1. The summed E-state index contributed by atoms with van der Waals surface area (Å²) < 4.78 is 6.45. The summed E-state index contributed by atoms with van der Waals surface area (Å²) >= 11 is 0. The van der Waals surface area contributed by atoms with Crippen molar-refractivity contribution < 1.29 is 14.3 Å². The number of nitrogens with zero attached hydrogens (tertiary/aromatic N) is 2. The fraction of sp³-hybridized carbons (Fsp3) is 0.304. The van der Waals surface area contributed by atoms with Crippen LogP contribution in [0.5, 0.6) is 0 Å². The maximum atomic E-state index is 12.9. The average molecular weight is 405 g/mol. The van der Waals surface area contributed by atoms with Gasteiger partial charge >= 0.3 is 5.97 Å². The molecule has 0 unspecified atom stereocenters. The van der Waals surface area contributed by atoms with Crippen LogP contribution in [0.25, 0.3) is 10.9 Å². The van der Waals surface area contributed by atoms with Gasteiger partial charge in [0.15, 0.2) is 0 Å². The molecule has 0 atom stereocenters. The number of rotatable bonds is 3. The summed E-state index contributed by atoms with van der Waals surface area (Å²) in [6.45, 7) is 0.695. The predicted molar refractivity (Wildman–Crippen MR) is 114 cm³/mol. The largest absolute Gasteiger partial charge is 0.465 e. The van der Waals surface area contributed by atoms with Crippen LogP contribution in [0.3, 0.4) is 0 Å². The van der Waals surface area contributed by atoms with E-state index in [2.05, 4.69) is 10.1 Å². The van der Waals surface area contributed by atoms with Crippen LogP contribution < -0.4 is 10.9 Å². The minimum atomic E-state index is -0.436. The number of nitrogens with one attached hydrogen (secondary N) is 1. The van der Waals surface area contributed by atoms with E-state index in [-0.39, 0.29) is 11.5 Å². The van der Waals surface area contributed by atoms with Crippen LogP contribution in [-0.2, 0) is 17.7 Å². The van der Waals surface area contributed by atoms with E-state index in [0.717, 1.165) is 37.9 Å². The SMILES string of the molecule is COC(=O)c1ccc(NC(=O)c2ccc3c(=O)n4c(nc3c2)CCCCCC4)cc1. The number of carbonyl (C=O) groups excluding carboxylic acids is 2. The molecule has 1 aliphatic rings. The molecule has 1 N–H and O–H groups in total. The molecule has 1 aromatic heterocycles. The van der Waals surface area contributed by atoms with E-state index < -0.39 is 5.97 Å². The van der Waals surface area contributed by atoms with Gasteiger partial charge in [-0.1, -0.05) is 12.8 Å². The lowest BCUT2D eigenvalue weighted by Gasteiger charge is -2.16. The van der Waals surface area contributed by atoms with Crippen molar-refractivity contribution in [3.8, 4) is 0 Å². The number of anilines is 1. The van der Waals surface area contributed by atoms with Gasteiger partial charge in [-0.25, -0.2) is 9.78 Å². The Morgan fingerprint density at radius 3 is 2.50 bits per heavy atom. The van der Waals surface area contributed by atoms with Crippen LogP contribution in [0.4, 0.5) is 5.69 Å². The lowest BCUT2D eigenvalue weighted by Crippen LogP contribution is -2.26. The van der Waals surface area contributed by atoms with Crippen molar-refractivity contribution >= 4 is 28.5 Å². The molecule has 0 saturated heterocycles. The number of fused-ring (bicyclic) bond motifs is 2. The van der Waals surface area contributed by atoms with E-state index in [1.165, 1.54) is 7.11 Å². The highest BCUT2D eigenvalue weighted by molar-refractivity contribution is 6.06. The molecule has 0 bridgehead atoms. The summed E-state index contributed by atoms with van der Waals surface area (Å²) in [5.41, 5.74) is 1.88. The third-order valence-corrected chi connectivity index (χ3v) is 5.39. The Kier molecular flexibility index (Phi) is 5.61. The van der Waals surface area contributed by atoms with E-state index in [9.17, 15) is 14.4 Å². The highest BCUT2D eigenvalue weighted by Gasteiger charge is 2.15. The lowest BCUT2D eigenvalue weighted by molar-refractivity contribution is 0.0600. The predicted octanol–water partition coefficient (Wildman–Crippen LogP) is 3.55. The Morgan fingerprint density at radius 1 is 1.00 bits per heavy atom. The Morgan fingerprint density at radius 2 is 1.73 bits per heavy atom. The van der Waals surface area contributed by atoms with Crippen LogP contribution in [0.2, 0.25) is 0 Å². The molecule has 7 nitrogen and oxygen atoms in total. The first-order chi connectivity index (χ1) is 14.6. The zero-order chi connectivity index (χ0) is 21.1. The minimum Gasteiger partial charge on any atom is -0.465 e. The van der Waals surface area contributed by atoms with Gasteiger partial charge in [0.05, 0.1) is 23.6 Å². The molecule has 2 heterocycles. The van der Waals surface area contributed by atoms with Gasteiger partial charge in [0.1, 0.15) is 5.82 Å². The molecule has 154 valence electrons. The second kappa shape index (κ2) is 8.49. The van der Waals surface area contributed by atoms with Crippen LogP contribution in [0.15, 0.2) is 47.3 Å². The first-order valence-corrected chi connectivity index (χ1v) is 10.1. The first kappa shape index (κ1) is 19.8. The fourth-order valence-corrected chi connectivity index (χ4v) is 3.75. The van der Waals surface area contributed by atoms with Crippen molar-refractivity contribution in [1.82, 2.24) is 9.55 Å². The molecule has 3 aromatic rings. The molecule has 1 amide bonds. The van der Waals surface area contributed by atoms with Crippen LogP contribution in [0, 0.1) is 0 Å². The Labute approximate surface area is 173 Å². The van der Waals surface area contributed by atoms with Crippen molar-refractivity contribution in [2.45, 2.75) is 38.6 Å². The molecule has 0 aliphatic carbocycles. The summed E-state index contributed by atoms with van der Waals surface area (Å²) in [5.74, 6) is 0.0501. The maximum absolute atomic E-state index is 12.9. The zero-order valence-corrected chi connectivity index (χ0v) is 16.8. The summed E-state index contributed by atoms with van der Waals surface area (Å²) in [4.78, 5) is 41.8. The van der Waals surface area contributed by atoms with Crippen molar-refractivity contribution in [1.29, 1.82) is 0 Å². The van der Waals surface area contributed by atoms with Gasteiger partial charge in [-0.15, -0.1) is 0 Å². The Balaban J connectivity index is 1.61. The third-order valence-electron chi connectivity index (χ3n) is 5.39. The van der Waals surface area contributed by atoms with Crippen molar-refractivity contribution in [2.75, 3.05) is 12.4 Å². The van der Waals surface area contributed by atoms with E-state index in [1.54, 1.807) is 47.0 Å². The van der Waals surface area contributed by atoms with Gasteiger partial charge in [-0.2, -0.15) is 0 Å². The fourth-order valence-electron chi connectivity index (χ4n) is 3.75. The number of hydrogen-bond acceptors (Lipinski definition) is 5. The molecule has 0 fully saturated rings. The Bertz CT molecular complexity index is 1170. The monoisotopic (exact) mass is 405 g/mol. The van der Waals surface area contributed by atoms with E-state index in [0.29, 0.717) is 34.3 Å². The standard InChI is InChI=1S/C23H23N3O4/c1-30-23(29)15-7-10-17(11-8-15)24-21(27)16-9-12-18-19(14-16)25-20-6-4-2-3-5-13-26(20)22(18)28/h7-12,14H,2-6,13H2,1H3,(H,24,27). The first-order valence-electron chi connectivity index (χ1n) is 10.1. The smallest absolute Gasteiger partial charge is 0.337 e. The van der Waals surface area contributed by atoms with Gasteiger partial charge in [0.25, 0.3) is 11.5 Å². The number of carbonyl (C=O) groups is 2. The molecule has 0 spiro atoms. The van der Waals surface area contributed by atoms with E-state index in [4.69, 9.17) is 4.98 Å². The van der Waals surface area contributed by atoms with Crippen LogP contribution >= 0.6 is 0 Å². The Hall–Kier alpha value is -3.48. The van der Waals surface area contributed by atoms with Crippen LogP contribution in [0.1, 0.15) is 52.2 Å². The topological polar surface area (TPSA) is 90.3 Å². The van der Waals surface area contributed by atoms with Crippen molar-refractivity contribution in [3.63, 3.8) is 0 Å². The number of amides is 1. The molecule has 2 aromatic carbocycles. The second-order valence-corrected chi connectivity index (χ2v) is 7.40. The van der Waals surface area contributed by atoms with Gasteiger partial charge in [-0.05, 0) is 55.3 Å². The summed E-state index contributed by atoms with van der Waals surface area (Å²) in [7, 11) is 1.32. The summed E-state index contributed by atoms with van der Waals surface area (Å²) in [6.07, 6.45) is 5.04. The normalized spacial score (nSPS) is 13.8. The molecule has 30 heavy (non-hydrogen) atoms. The number of aromatic nitrogens is 2. The molecule has 1 aliphatic heterocycles. The minimum absolute atomic E-state index is 0.0396. The summed E-state index contributed by atoms with van der Waals surface area (Å²) in [5, 5.41) is 3.33. The molecule has 4 rings (SSSR count). The second-order valence-electron chi connectivity index (χ2n) is 7.40. The molecule has 0 radical (unpaired) electrons.